The minimum absolute atomic E-state index is 0.0211. The van der Waals surface area contributed by atoms with Crippen molar-refractivity contribution in [1.29, 1.82) is 0 Å². The Morgan fingerprint density at radius 2 is 1.75 bits per heavy atom. The van der Waals surface area contributed by atoms with Crippen LogP contribution >= 0.6 is 0 Å². The predicted molar refractivity (Wildman–Crippen MR) is 63.2 cm³/mol. The lowest BCUT2D eigenvalue weighted by Crippen LogP contribution is -2.44. The average molecular weight is 290 g/mol. The Balaban J connectivity index is 2.80. The quantitative estimate of drug-likeness (QED) is 0.763. The Labute approximate surface area is 112 Å². The number of benzene rings is 1. The molecule has 0 aliphatic rings. The van der Waals surface area contributed by atoms with E-state index >= 15 is 0 Å². The highest BCUT2D eigenvalue weighted by atomic mass is 19.4. The number of aliphatic hydroxyl groups is 1. The summed E-state index contributed by atoms with van der Waals surface area (Å²) in [5, 5.41) is 11.8. The van der Waals surface area contributed by atoms with Crippen LogP contribution in [-0.2, 0) is 15.8 Å². The number of nitrogens with one attached hydrogen (secondary N) is 1. The van der Waals surface area contributed by atoms with Gasteiger partial charge in [-0.15, -0.1) is 0 Å². The summed E-state index contributed by atoms with van der Waals surface area (Å²) < 4.78 is 37.0. The summed E-state index contributed by atoms with van der Waals surface area (Å²) in [5.41, 5.74) is 4.02. The van der Waals surface area contributed by atoms with Crippen molar-refractivity contribution in [2.45, 2.75) is 25.2 Å². The van der Waals surface area contributed by atoms with Crippen LogP contribution in [0, 0.1) is 0 Å². The second-order valence-corrected chi connectivity index (χ2v) is 4.15. The van der Waals surface area contributed by atoms with Crippen molar-refractivity contribution in [3.63, 3.8) is 0 Å². The van der Waals surface area contributed by atoms with Gasteiger partial charge in [0.15, 0.2) is 6.10 Å². The van der Waals surface area contributed by atoms with Gasteiger partial charge in [-0.2, -0.15) is 13.2 Å². The third-order valence-electron chi connectivity index (χ3n) is 2.59. The van der Waals surface area contributed by atoms with Crippen LogP contribution in [0.2, 0.25) is 0 Å². The van der Waals surface area contributed by atoms with Gasteiger partial charge in [-0.3, -0.25) is 9.59 Å². The van der Waals surface area contributed by atoms with Gasteiger partial charge in [-0.1, -0.05) is 12.1 Å². The van der Waals surface area contributed by atoms with Crippen molar-refractivity contribution in [1.82, 2.24) is 5.32 Å². The molecule has 0 bridgehead atoms. The number of amides is 2. The maximum atomic E-state index is 12.3. The molecule has 8 heteroatoms. The Morgan fingerprint density at radius 3 is 2.15 bits per heavy atom. The molecule has 0 heterocycles. The van der Waals surface area contributed by atoms with Gasteiger partial charge >= 0.3 is 6.18 Å². The molecule has 4 N–H and O–H groups in total. The number of hydrogen-bond donors (Lipinski definition) is 3. The van der Waals surface area contributed by atoms with Gasteiger partial charge in [0.05, 0.1) is 5.56 Å². The van der Waals surface area contributed by atoms with E-state index < -0.39 is 35.7 Å². The molecule has 5 nitrogen and oxygen atoms in total. The van der Waals surface area contributed by atoms with Gasteiger partial charge in [0.1, 0.15) is 6.04 Å². The molecule has 0 spiro atoms. The van der Waals surface area contributed by atoms with Crippen LogP contribution in [0.3, 0.4) is 0 Å². The molecule has 1 aromatic carbocycles. The zero-order valence-corrected chi connectivity index (χ0v) is 10.4. The molecule has 2 amide bonds. The summed E-state index contributed by atoms with van der Waals surface area (Å²) in [4.78, 5) is 22.3. The van der Waals surface area contributed by atoms with E-state index in [-0.39, 0.29) is 5.56 Å². The molecule has 0 aliphatic carbocycles. The summed E-state index contributed by atoms with van der Waals surface area (Å²) >= 11 is 0. The smallest absolute Gasteiger partial charge is 0.378 e. The number of primary amides is 1. The van der Waals surface area contributed by atoms with Crippen molar-refractivity contribution < 1.29 is 27.9 Å². The van der Waals surface area contributed by atoms with Gasteiger partial charge in [-0.25, -0.2) is 0 Å². The lowest BCUT2D eigenvalue weighted by molar-refractivity contribution is -0.137. The first-order valence-corrected chi connectivity index (χ1v) is 5.58. The number of halogens is 3. The Kier molecular flexibility index (Phi) is 4.72. The molecule has 0 saturated heterocycles. The maximum Gasteiger partial charge on any atom is 0.416 e. The van der Waals surface area contributed by atoms with Crippen LogP contribution in [0.4, 0.5) is 13.2 Å². The lowest BCUT2D eigenvalue weighted by atomic mass is 10.1. The maximum absolute atomic E-state index is 12.3. The van der Waals surface area contributed by atoms with Crippen molar-refractivity contribution in [3.05, 3.63) is 35.4 Å². The minimum Gasteiger partial charge on any atom is -0.378 e. The van der Waals surface area contributed by atoms with Crippen molar-refractivity contribution in [2.75, 3.05) is 0 Å². The molecule has 1 aromatic rings. The lowest BCUT2D eigenvalue weighted by Gasteiger charge is -2.15. The number of hydrogen-bond acceptors (Lipinski definition) is 3. The molecule has 0 saturated carbocycles. The van der Waals surface area contributed by atoms with Crippen molar-refractivity contribution in [2.24, 2.45) is 5.73 Å². The van der Waals surface area contributed by atoms with Crippen LogP contribution in [0.25, 0.3) is 0 Å². The number of carbonyl (C=O) groups excluding carboxylic acids is 2. The topological polar surface area (TPSA) is 92.4 Å². The van der Waals surface area contributed by atoms with E-state index in [0.717, 1.165) is 24.3 Å². The van der Waals surface area contributed by atoms with Gasteiger partial charge in [0.25, 0.3) is 5.91 Å². The van der Waals surface area contributed by atoms with E-state index in [4.69, 9.17) is 5.73 Å². The second-order valence-electron chi connectivity index (χ2n) is 4.15. The minimum atomic E-state index is -4.49. The van der Waals surface area contributed by atoms with Crippen LogP contribution in [0.1, 0.15) is 24.2 Å². The molecule has 1 rings (SSSR count). The zero-order valence-electron chi connectivity index (χ0n) is 10.4. The molecular formula is C12H13F3N2O3. The van der Waals surface area contributed by atoms with Gasteiger partial charge < -0.3 is 16.2 Å². The summed E-state index contributed by atoms with van der Waals surface area (Å²) in [7, 11) is 0. The highest BCUT2D eigenvalue weighted by Crippen LogP contribution is 2.29. The van der Waals surface area contributed by atoms with Crippen molar-refractivity contribution in [3.8, 4) is 0 Å². The summed E-state index contributed by atoms with van der Waals surface area (Å²) in [6.45, 7) is 1.32. The largest absolute Gasteiger partial charge is 0.416 e. The SMILES string of the molecule is C[C@@H](NC(=O)[C@@H](O)c1ccc(C(F)(F)F)cc1)C(N)=O. The number of aliphatic hydroxyl groups excluding tert-OH is 1. The second kappa shape index (κ2) is 5.91. The normalized spacial score (nSPS) is 14.4. The number of rotatable bonds is 4. The third-order valence-corrected chi connectivity index (χ3v) is 2.59. The summed E-state index contributed by atoms with van der Waals surface area (Å²) in [6.07, 6.45) is -6.18. The molecule has 0 unspecified atom stereocenters. The van der Waals surface area contributed by atoms with Crippen molar-refractivity contribution >= 4 is 11.8 Å². The first-order chi connectivity index (χ1) is 9.12. The number of carbonyl (C=O) groups is 2. The summed E-state index contributed by atoms with van der Waals surface area (Å²) in [6, 6.07) is 2.49. The highest BCUT2D eigenvalue weighted by Gasteiger charge is 2.30. The van der Waals surface area contributed by atoms with E-state index in [9.17, 15) is 27.9 Å². The summed E-state index contributed by atoms with van der Waals surface area (Å²) in [5.74, 6) is -1.71. The monoisotopic (exact) mass is 290 g/mol. The molecule has 0 aliphatic heterocycles. The van der Waals surface area contributed by atoms with Crippen LogP contribution in [0.5, 0.6) is 0 Å². The first kappa shape index (κ1) is 16.0. The molecule has 0 fully saturated rings. The van der Waals surface area contributed by atoms with E-state index in [2.05, 4.69) is 5.32 Å². The van der Waals surface area contributed by atoms with Crippen LogP contribution in [-0.4, -0.2) is 23.0 Å². The average Bonchev–Trinajstić information content (AvgIpc) is 2.36. The molecule has 20 heavy (non-hydrogen) atoms. The fourth-order valence-corrected chi connectivity index (χ4v) is 1.37. The molecule has 0 radical (unpaired) electrons. The molecular weight excluding hydrogens is 277 g/mol. The number of alkyl halides is 3. The van der Waals surface area contributed by atoms with Gasteiger partial charge in [-0.05, 0) is 24.6 Å². The predicted octanol–water partition coefficient (Wildman–Crippen LogP) is 0.729. The van der Waals surface area contributed by atoms with Crippen LogP contribution < -0.4 is 11.1 Å². The molecule has 110 valence electrons. The van der Waals surface area contributed by atoms with E-state index in [0.29, 0.717) is 0 Å². The van der Waals surface area contributed by atoms with E-state index in [1.165, 1.54) is 6.92 Å². The third kappa shape index (κ3) is 3.95. The Hall–Kier alpha value is -2.09. The number of nitrogens with two attached hydrogens (primary N) is 1. The molecule has 0 aromatic heterocycles. The fraction of sp³-hybridized carbons (Fsp3) is 0.333. The first-order valence-electron chi connectivity index (χ1n) is 5.58. The fourth-order valence-electron chi connectivity index (χ4n) is 1.37. The Bertz CT molecular complexity index is 500. The zero-order chi connectivity index (χ0) is 15.5. The van der Waals surface area contributed by atoms with Crippen LogP contribution in [0.15, 0.2) is 24.3 Å². The van der Waals surface area contributed by atoms with Gasteiger partial charge in [0, 0.05) is 0 Å². The highest BCUT2D eigenvalue weighted by molar-refractivity contribution is 5.88. The molecule has 2 atom stereocenters. The van der Waals surface area contributed by atoms with Gasteiger partial charge in [0.2, 0.25) is 5.91 Å². The van der Waals surface area contributed by atoms with E-state index in [1.54, 1.807) is 0 Å². The van der Waals surface area contributed by atoms with E-state index in [1.807, 2.05) is 0 Å². The standard InChI is InChI=1S/C12H13F3N2O3/c1-6(10(16)19)17-11(20)9(18)7-2-4-8(5-3-7)12(13,14)15/h2-6,9,18H,1H3,(H2,16,19)(H,17,20)/t6-,9+/m1/s1. The Morgan fingerprint density at radius 1 is 1.25 bits per heavy atom.